The highest BCUT2D eigenvalue weighted by atomic mass is 16.5. The summed E-state index contributed by atoms with van der Waals surface area (Å²) < 4.78 is 10.9. The molecule has 0 aromatic carbocycles. The largest absolute Gasteiger partial charge is 0.480 e. The van der Waals surface area contributed by atoms with Crippen LogP contribution in [0.25, 0.3) is 0 Å². The maximum Gasteiger partial charge on any atom is 0.237 e. The highest BCUT2D eigenvalue weighted by Crippen LogP contribution is 2.33. The molecule has 1 saturated heterocycles. The van der Waals surface area contributed by atoms with Crippen molar-refractivity contribution in [3.05, 3.63) is 24.5 Å². The van der Waals surface area contributed by atoms with Crippen molar-refractivity contribution in [3.63, 3.8) is 0 Å². The molecule has 1 unspecified atom stereocenters. The van der Waals surface area contributed by atoms with E-state index in [0.717, 1.165) is 49.9 Å². The molecule has 8 nitrogen and oxygen atoms in total. The Morgan fingerprint density at radius 3 is 3.21 bits per heavy atom. The summed E-state index contributed by atoms with van der Waals surface area (Å²) in [5.74, 6) is 1.94. The summed E-state index contributed by atoms with van der Waals surface area (Å²) in [6, 6.07) is 4.07. The van der Waals surface area contributed by atoms with Gasteiger partial charge >= 0.3 is 0 Å². The first kappa shape index (κ1) is 14.9. The van der Waals surface area contributed by atoms with Crippen LogP contribution in [-0.4, -0.2) is 48.0 Å². The SMILES string of the molecule is COc1ncccc1Nc1ncc2c(n1)N(C1CCCOC1)CN2. The van der Waals surface area contributed by atoms with Gasteiger partial charge in [-0.15, -0.1) is 0 Å². The van der Waals surface area contributed by atoms with Crippen molar-refractivity contribution in [1.82, 2.24) is 15.0 Å². The lowest BCUT2D eigenvalue weighted by molar-refractivity contribution is 0.0798. The molecule has 2 aliphatic rings. The molecule has 0 radical (unpaired) electrons. The van der Waals surface area contributed by atoms with Gasteiger partial charge in [-0.3, -0.25) is 0 Å². The van der Waals surface area contributed by atoms with E-state index in [9.17, 15) is 0 Å². The van der Waals surface area contributed by atoms with Crippen LogP contribution in [0, 0.1) is 0 Å². The molecule has 0 amide bonds. The predicted molar refractivity (Wildman–Crippen MR) is 90.9 cm³/mol. The van der Waals surface area contributed by atoms with Crippen LogP contribution >= 0.6 is 0 Å². The van der Waals surface area contributed by atoms with Crippen molar-refractivity contribution < 1.29 is 9.47 Å². The Morgan fingerprint density at radius 1 is 1.42 bits per heavy atom. The van der Waals surface area contributed by atoms with Gasteiger partial charge in [0.05, 0.1) is 38.3 Å². The van der Waals surface area contributed by atoms with Crippen LogP contribution in [0.4, 0.5) is 23.1 Å². The van der Waals surface area contributed by atoms with Gasteiger partial charge in [-0.05, 0) is 25.0 Å². The number of methoxy groups -OCH3 is 1. The fraction of sp³-hybridized carbons (Fsp3) is 0.438. The third-order valence-electron chi connectivity index (χ3n) is 4.27. The van der Waals surface area contributed by atoms with Gasteiger partial charge in [-0.25, -0.2) is 9.97 Å². The van der Waals surface area contributed by atoms with Crippen LogP contribution in [0.5, 0.6) is 5.88 Å². The molecule has 0 spiro atoms. The Kier molecular flexibility index (Phi) is 4.04. The lowest BCUT2D eigenvalue weighted by atomic mass is 10.1. The van der Waals surface area contributed by atoms with Crippen molar-refractivity contribution >= 4 is 23.1 Å². The van der Waals surface area contributed by atoms with E-state index >= 15 is 0 Å². The number of nitrogens with zero attached hydrogens (tertiary/aromatic N) is 4. The minimum absolute atomic E-state index is 0.350. The number of ether oxygens (including phenoxy) is 2. The van der Waals surface area contributed by atoms with Crippen molar-refractivity contribution in [3.8, 4) is 5.88 Å². The summed E-state index contributed by atoms with van der Waals surface area (Å²) in [6.45, 7) is 2.32. The number of aromatic nitrogens is 3. The third kappa shape index (κ3) is 2.80. The van der Waals surface area contributed by atoms with Gasteiger partial charge in [0.25, 0.3) is 0 Å². The molecule has 1 fully saturated rings. The standard InChI is InChI=1S/C16H20N6O2/c1-23-15-12(5-2-6-17-15)20-16-18-8-13-14(21-16)22(10-19-13)11-4-3-7-24-9-11/h2,5-6,8,11,19H,3-4,7,9-10H2,1H3,(H,18,20,21). The quantitative estimate of drug-likeness (QED) is 0.881. The van der Waals surface area contributed by atoms with Crippen molar-refractivity contribution in [2.24, 2.45) is 0 Å². The van der Waals surface area contributed by atoms with E-state index in [2.05, 4.69) is 30.5 Å². The molecule has 2 aliphatic heterocycles. The summed E-state index contributed by atoms with van der Waals surface area (Å²) >= 11 is 0. The predicted octanol–water partition coefficient (Wildman–Crippen LogP) is 1.99. The first-order valence-corrected chi connectivity index (χ1v) is 8.06. The Bertz CT molecular complexity index is 719. The molecule has 126 valence electrons. The maximum atomic E-state index is 5.61. The maximum absolute atomic E-state index is 5.61. The number of nitrogens with one attached hydrogen (secondary N) is 2. The second kappa shape index (κ2) is 6.48. The first-order valence-electron chi connectivity index (χ1n) is 8.06. The summed E-state index contributed by atoms with van der Waals surface area (Å²) in [4.78, 5) is 15.5. The van der Waals surface area contributed by atoms with Gasteiger partial charge in [0.1, 0.15) is 5.69 Å². The average Bonchev–Trinajstić information content (AvgIpc) is 3.06. The Hall–Kier alpha value is -2.61. The monoisotopic (exact) mass is 328 g/mol. The fourth-order valence-corrected chi connectivity index (χ4v) is 3.06. The van der Waals surface area contributed by atoms with E-state index in [1.54, 1.807) is 19.5 Å². The summed E-state index contributed by atoms with van der Waals surface area (Å²) in [7, 11) is 1.59. The lowest BCUT2D eigenvalue weighted by Gasteiger charge is -2.31. The van der Waals surface area contributed by atoms with Crippen molar-refractivity contribution in [2.45, 2.75) is 18.9 Å². The highest BCUT2D eigenvalue weighted by molar-refractivity contribution is 5.72. The molecule has 2 N–H and O–H groups in total. The van der Waals surface area contributed by atoms with Crippen molar-refractivity contribution in [2.75, 3.05) is 42.5 Å². The summed E-state index contributed by atoms with van der Waals surface area (Å²) in [5.41, 5.74) is 1.68. The number of hydrogen-bond donors (Lipinski definition) is 2. The molecular weight excluding hydrogens is 308 g/mol. The van der Waals surface area contributed by atoms with E-state index in [1.807, 2.05) is 12.1 Å². The second-order valence-electron chi connectivity index (χ2n) is 5.79. The first-order chi connectivity index (χ1) is 11.8. The van der Waals surface area contributed by atoms with Gasteiger partial charge in [0.15, 0.2) is 5.82 Å². The smallest absolute Gasteiger partial charge is 0.237 e. The van der Waals surface area contributed by atoms with Crippen molar-refractivity contribution in [1.29, 1.82) is 0 Å². The molecule has 4 rings (SSSR count). The Balaban J connectivity index is 1.58. The van der Waals surface area contributed by atoms with E-state index in [1.165, 1.54) is 0 Å². The number of pyridine rings is 1. The van der Waals surface area contributed by atoms with E-state index in [-0.39, 0.29) is 0 Å². The van der Waals surface area contributed by atoms with Crippen LogP contribution in [0.3, 0.4) is 0 Å². The van der Waals surface area contributed by atoms with Crippen LogP contribution < -0.4 is 20.3 Å². The third-order valence-corrected chi connectivity index (χ3v) is 4.27. The van der Waals surface area contributed by atoms with E-state index in [0.29, 0.717) is 17.9 Å². The minimum atomic E-state index is 0.350. The van der Waals surface area contributed by atoms with Gasteiger partial charge in [0.2, 0.25) is 11.8 Å². The molecule has 24 heavy (non-hydrogen) atoms. The van der Waals surface area contributed by atoms with Crippen LogP contribution in [0.1, 0.15) is 12.8 Å². The number of hydrogen-bond acceptors (Lipinski definition) is 8. The molecule has 0 saturated carbocycles. The highest BCUT2D eigenvalue weighted by Gasteiger charge is 2.29. The van der Waals surface area contributed by atoms with Gasteiger partial charge in [-0.1, -0.05) is 0 Å². The zero-order valence-corrected chi connectivity index (χ0v) is 13.5. The molecule has 0 aliphatic carbocycles. The Labute approximate surface area is 140 Å². The lowest BCUT2D eigenvalue weighted by Crippen LogP contribution is -2.41. The van der Waals surface area contributed by atoms with E-state index < -0.39 is 0 Å². The van der Waals surface area contributed by atoms with Crippen LogP contribution in [0.15, 0.2) is 24.5 Å². The Morgan fingerprint density at radius 2 is 2.38 bits per heavy atom. The average molecular weight is 328 g/mol. The van der Waals surface area contributed by atoms with Gasteiger partial charge < -0.3 is 25.0 Å². The van der Waals surface area contributed by atoms with Gasteiger partial charge in [0, 0.05) is 12.8 Å². The zero-order chi connectivity index (χ0) is 16.4. The summed E-state index contributed by atoms with van der Waals surface area (Å²) in [5, 5.41) is 6.52. The minimum Gasteiger partial charge on any atom is -0.480 e. The summed E-state index contributed by atoms with van der Waals surface area (Å²) in [6.07, 6.45) is 5.68. The number of fused-ring (bicyclic) bond motifs is 1. The molecule has 1 atom stereocenters. The molecular formula is C16H20N6O2. The molecule has 2 aromatic heterocycles. The topological polar surface area (TPSA) is 84.4 Å². The van der Waals surface area contributed by atoms with Crippen LogP contribution in [0.2, 0.25) is 0 Å². The molecule has 4 heterocycles. The van der Waals surface area contributed by atoms with E-state index in [4.69, 9.17) is 9.47 Å². The van der Waals surface area contributed by atoms with Gasteiger partial charge in [-0.2, -0.15) is 4.98 Å². The zero-order valence-electron chi connectivity index (χ0n) is 13.5. The molecule has 2 aromatic rings. The number of anilines is 4. The molecule has 0 bridgehead atoms. The fourth-order valence-electron chi connectivity index (χ4n) is 3.06. The second-order valence-corrected chi connectivity index (χ2v) is 5.79. The number of rotatable bonds is 4. The van der Waals surface area contributed by atoms with Crippen LogP contribution in [-0.2, 0) is 4.74 Å². The normalized spacial score (nSPS) is 19.5. The molecule has 8 heteroatoms.